The molecule has 0 aliphatic carbocycles. The maximum absolute atomic E-state index is 12.7. The van der Waals surface area contributed by atoms with Gasteiger partial charge in [0.15, 0.2) is 0 Å². The van der Waals surface area contributed by atoms with Crippen molar-refractivity contribution in [1.29, 1.82) is 0 Å². The van der Waals surface area contributed by atoms with E-state index in [2.05, 4.69) is 5.32 Å². The number of aryl methyl sites for hydroxylation is 1. The molecule has 0 spiro atoms. The average Bonchev–Trinajstić information content (AvgIpc) is 3.16. The Bertz CT molecular complexity index is 1070. The minimum Gasteiger partial charge on any atom is -0.495 e. The molecule has 3 aromatic rings. The Morgan fingerprint density at radius 3 is 2.50 bits per heavy atom. The van der Waals surface area contributed by atoms with Crippen molar-refractivity contribution < 1.29 is 14.3 Å². The van der Waals surface area contributed by atoms with E-state index in [-0.39, 0.29) is 17.2 Å². The van der Waals surface area contributed by atoms with E-state index in [0.29, 0.717) is 22.8 Å². The van der Waals surface area contributed by atoms with Gasteiger partial charge in [-0.1, -0.05) is 36.4 Å². The van der Waals surface area contributed by atoms with Crippen LogP contribution in [0, 0.1) is 6.92 Å². The van der Waals surface area contributed by atoms with Crippen molar-refractivity contribution in [3.63, 3.8) is 0 Å². The first-order valence-corrected chi connectivity index (χ1v) is 10.7. The Labute approximate surface area is 180 Å². The number of carbonyl (C=O) groups excluding carboxylic acids is 2. The summed E-state index contributed by atoms with van der Waals surface area (Å²) in [4.78, 5) is 26.9. The van der Waals surface area contributed by atoms with Gasteiger partial charge in [0.2, 0.25) is 5.91 Å². The SMILES string of the molecule is COc1ccc(C)cc1N1C(=O)CS[C@@H]1c1ccc(NC(=O)c2ccccc2)cc1. The smallest absolute Gasteiger partial charge is 0.255 e. The second-order valence-electron chi connectivity index (χ2n) is 7.04. The normalized spacial score (nSPS) is 15.9. The molecule has 1 saturated heterocycles. The molecular weight excluding hydrogens is 396 g/mol. The van der Waals surface area contributed by atoms with Crippen LogP contribution in [-0.4, -0.2) is 24.7 Å². The van der Waals surface area contributed by atoms with Gasteiger partial charge >= 0.3 is 0 Å². The molecule has 1 aliphatic heterocycles. The van der Waals surface area contributed by atoms with E-state index in [1.54, 1.807) is 35.9 Å². The van der Waals surface area contributed by atoms with E-state index in [0.717, 1.165) is 16.8 Å². The average molecular weight is 419 g/mol. The highest BCUT2D eigenvalue weighted by atomic mass is 32.2. The lowest BCUT2D eigenvalue weighted by atomic mass is 10.1. The largest absolute Gasteiger partial charge is 0.495 e. The van der Waals surface area contributed by atoms with Crippen molar-refractivity contribution >= 4 is 35.0 Å². The first kappa shape index (κ1) is 20.0. The van der Waals surface area contributed by atoms with Gasteiger partial charge in [0, 0.05) is 11.3 Å². The summed E-state index contributed by atoms with van der Waals surface area (Å²) in [5.74, 6) is 0.984. The molecular formula is C24H22N2O3S. The minimum absolute atomic E-state index is 0.0513. The maximum Gasteiger partial charge on any atom is 0.255 e. The predicted molar refractivity (Wildman–Crippen MR) is 121 cm³/mol. The molecule has 30 heavy (non-hydrogen) atoms. The highest BCUT2D eigenvalue weighted by Gasteiger charge is 2.35. The third kappa shape index (κ3) is 4.04. The van der Waals surface area contributed by atoms with Gasteiger partial charge in [-0.15, -0.1) is 11.8 Å². The number of hydrogen-bond donors (Lipinski definition) is 1. The van der Waals surface area contributed by atoms with Crippen molar-refractivity contribution in [3.05, 3.63) is 89.5 Å². The van der Waals surface area contributed by atoms with Crippen molar-refractivity contribution in [2.45, 2.75) is 12.3 Å². The van der Waals surface area contributed by atoms with E-state index in [9.17, 15) is 9.59 Å². The third-order valence-corrected chi connectivity index (χ3v) is 6.16. The number of anilines is 2. The van der Waals surface area contributed by atoms with Crippen LogP contribution in [0.2, 0.25) is 0 Å². The number of carbonyl (C=O) groups is 2. The van der Waals surface area contributed by atoms with Crippen molar-refractivity contribution in [2.75, 3.05) is 23.1 Å². The number of nitrogens with one attached hydrogen (secondary N) is 1. The van der Waals surface area contributed by atoms with Crippen LogP contribution in [0.1, 0.15) is 26.9 Å². The van der Waals surface area contributed by atoms with Crippen LogP contribution in [0.15, 0.2) is 72.8 Å². The lowest BCUT2D eigenvalue weighted by Gasteiger charge is -2.26. The summed E-state index contributed by atoms with van der Waals surface area (Å²) in [5.41, 5.74) is 4.15. The van der Waals surface area contributed by atoms with Crippen molar-refractivity contribution in [2.24, 2.45) is 0 Å². The molecule has 1 aliphatic rings. The zero-order valence-electron chi connectivity index (χ0n) is 16.8. The summed E-state index contributed by atoms with van der Waals surface area (Å²) >= 11 is 1.58. The highest BCUT2D eigenvalue weighted by molar-refractivity contribution is 8.00. The number of hydrogen-bond acceptors (Lipinski definition) is 4. The lowest BCUT2D eigenvalue weighted by Crippen LogP contribution is -2.28. The molecule has 0 unspecified atom stereocenters. The van der Waals surface area contributed by atoms with Gasteiger partial charge in [-0.25, -0.2) is 0 Å². The van der Waals surface area contributed by atoms with E-state index in [1.165, 1.54) is 0 Å². The van der Waals surface area contributed by atoms with Crippen LogP contribution in [0.3, 0.4) is 0 Å². The quantitative estimate of drug-likeness (QED) is 0.631. The topological polar surface area (TPSA) is 58.6 Å². The van der Waals surface area contributed by atoms with E-state index < -0.39 is 0 Å². The fourth-order valence-electron chi connectivity index (χ4n) is 3.44. The maximum atomic E-state index is 12.7. The van der Waals surface area contributed by atoms with Crippen LogP contribution in [-0.2, 0) is 4.79 Å². The summed E-state index contributed by atoms with van der Waals surface area (Å²) in [7, 11) is 1.61. The van der Waals surface area contributed by atoms with Crippen LogP contribution < -0.4 is 15.0 Å². The van der Waals surface area contributed by atoms with Crippen LogP contribution in [0.4, 0.5) is 11.4 Å². The van der Waals surface area contributed by atoms with Gasteiger partial charge in [-0.2, -0.15) is 0 Å². The Morgan fingerprint density at radius 2 is 1.80 bits per heavy atom. The fraction of sp³-hybridized carbons (Fsp3) is 0.167. The Balaban J connectivity index is 1.57. The summed E-state index contributed by atoms with van der Waals surface area (Å²) in [6.45, 7) is 2.00. The number of rotatable bonds is 5. The molecule has 1 N–H and O–H groups in total. The lowest BCUT2D eigenvalue weighted by molar-refractivity contribution is -0.115. The highest BCUT2D eigenvalue weighted by Crippen LogP contribution is 2.45. The second kappa shape index (κ2) is 8.63. The number of ether oxygens (including phenoxy) is 1. The first-order chi connectivity index (χ1) is 14.6. The van der Waals surface area contributed by atoms with Gasteiger partial charge in [0.05, 0.1) is 18.6 Å². The monoisotopic (exact) mass is 418 g/mol. The van der Waals surface area contributed by atoms with Crippen LogP contribution in [0.25, 0.3) is 0 Å². The van der Waals surface area contributed by atoms with E-state index >= 15 is 0 Å². The molecule has 152 valence electrons. The van der Waals surface area contributed by atoms with Gasteiger partial charge in [0.1, 0.15) is 11.1 Å². The molecule has 0 radical (unpaired) electrons. The van der Waals surface area contributed by atoms with Crippen LogP contribution in [0.5, 0.6) is 5.75 Å². The standard InChI is InChI=1S/C24H22N2O3S/c1-16-8-13-21(29-2)20(14-16)26-22(27)15-30-24(26)18-9-11-19(12-10-18)25-23(28)17-6-4-3-5-7-17/h3-14,24H,15H2,1-2H3,(H,25,28)/t24-/m1/s1. The van der Waals surface area contributed by atoms with Crippen LogP contribution >= 0.6 is 11.8 Å². The Kier molecular flexibility index (Phi) is 5.77. The molecule has 0 aromatic heterocycles. The second-order valence-corrected chi connectivity index (χ2v) is 8.11. The molecule has 1 heterocycles. The molecule has 4 rings (SSSR count). The molecule has 2 amide bonds. The summed E-state index contributed by atoms with van der Waals surface area (Å²) < 4.78 is 5.50. The number of nitrogens with zero attached hydrogens (tertiary/aromatic N) is 1. The summed E-state index contributed by atoms with van der Waals surface area (Å²) in [6, 6.07) is 22.6. The molecule has 0 bridgehead atoms. The zero-order chi connectivity index (χ0) is 21.1. The van der Waals surface area contributed by atoms with Crippen molar-refractivity contribution in [1.82, 2.24) is 0 Å². The minimum atomic E-state index is -0.153. The summed E-state index contributed by atoms with van der Waals surface area (Å²) in [5, 5.41) is 2.76. The van der Waals surface area contributed by atoms with Gasteiger partial charge in [0.25, 0.3) is 5.91 Å². The number of thioether (sulfide) groups is 1. The van der Waals surface area contributed by atoms with E-state index in [1.807, 2.05) is 67.6 Å². The molecule has 1 fully saturated rings. The molecule has 3 aromatic carbocycles. The molecule has 0 saturated carbocycles. The Hall–Kier alpha value is -3.25. The third-order valence-electron chi connectivity index (χ3n) is 4.95. The van der Waals surface area contributed by atoms with Gasteiger partial charge < -0.3 is 10.1 Å². The predicted octanol–water partition coefficient (Wildman–Crippen LogP) is 5.03. The zero-order valence-corrected chi connectivity index (χ0v) is 17.6. The fourth-order valence-corrected chi connectivity index (χ4v) is 4.61. The molecule has 5 nitrogen and oxygen atoms in total. The van der Waals surface area contributed by atoms with Crippen molar-refractivity contribution in [3.8, 4) is 5.75 Å². The number of amides is 2. The number of benzene rings is 3. The van der Waals surface area contributed by atoms with E-state index in [4.69, 9.17) is 4.74 Å². The molecule has 1 atom stereocenters. The first-order valence-electron chi connectivity index (χ1n) is 9.61. The Morgan fingerprint density at radius 1 is 1.07 bits per heavy atom. The molecule has 6 heteroatoms. The number of methoxy groups -OCH3 is 1. The van der Waals surface area contributed by atoms with Gasteiger partial charge in [-0.05, 0) is 54.4 Å². The summed E-state index contributed by atoms with van der Waals surface area (Å²) in [6.07, 6.45) is 0. The van der Waals surface area contributed by atoms with Gasteiger partial charge in [-0.3, -0.25) is 14.5 Å².